The van der Waals surface area contributed by atoms with Crippen LogP contribution in [0.4, 0.5) is 4.39 Å². The fraction of sp³-hybridized carbons (Fsp3) is 0.211. The largest absolute Gasteiger partial charge is 0.437 e. The summed E-state index contributed by atoms with van der Waals surface area (Å²) in [6.07, 6.45) is 0.788. The van der Waals surface area contributed by atoms with E-state index in [-0.39, 0.29) is 18.3 Å². The van der Waals surface area contributed by atoms with Crippen LogP contribution in [0.15, 0.2) is 57.7 Å². The minimum Gasteiger partial charge on any atom is -0.388 e. The Bertz CT molecular complexity index is 1010. The van der Waals surface area contributed by atoms with Crippen molar-refractivity contribution in [1.29, 1.82) is 0 Å². The molecule has 26 heavy (non-hydrogen) atoms. The SMILES string of the molecule is O=C(Cn1nc(-c2ccc(F)cc2)oc1=O)N1CCc2ccccc2C1. The summed E-state index contributed by atoms with van der Waals surface area (Å²) in [5.74, 6) is -1.24. The molecule has 1 aromatic heterocycles. The van der Waals surface area contributed by atoms with Crippen molar-refractivity contribution >= 4 is 5.91 Å². The van der Waals surface area contributed by atoms with Crippen LogP contribution in [0.25, 0.3) is 11.5 Å². The number of hydrogen-bond acceptors (Lipinski definition) is 4. The van der Waals surface area contributed by atoms with Crippen LogP contribution >= 0.6 is 0 Å². The van der Waals surface area contributed by atoms with Crippen LogP contribution in [-0.4, -0.2) is 27.1 Å². The van der Waals surface area contributed by atoms with Gasteiger partial charge in [0.1, 0.15) is 12.4 Å². The molecule has 0 unspecified atom stereocenters. The van der Waals surface area contributed by atoms with Crippen molar-refractivity contribution in [1.82, 2.24) is 14.7 Å². The Morgan fingerprint density at radius 3 is 2.62 bits per heavy atom. The normalized spacial score (nSPS) is 13.5. The molecule has 0 fully saturated rings. The van der Waals surface area contributed by atoms with Crippen molar-refractivity contribution < 1.29 is 13.6 Å². The van der Waals surface area contributed by atoms with Crippen LogP contribution in [-0.2, 0) is 24.3 Å². The second-order valence-corrected chi connectivity index (χ2v) is 6.17. The van der Waals surface area contributed by atoms with Crippen LogP contribution in [0, 0.1) is 5.82 Å². The molecule has 0 saturated heterocycles. The zero-order valence-corrected chi connectivity index (χ0v) is 13.9. The molecule has 1 amide bonds. The number of benzene rings is 2. The monoisotopic (exact) mass is 353 g/mol. The van der Waals surface area contributed by atoms with Crippen LogP contribution in [0.2, 0.25) is 0 Å². The third-order valence-corrected chi connectivity index (χ3v) is 4.47. The highest BCUT2D eigenvalue weighted by molar-refractivity contribution is 5.76. The van der Waals surface area contributed by atoms with E-state index in [2.05, 4.69) is 11.2 Å². The van der Waals surface area contributed by atoms with Crippen LogP contribution in [0.5, 0.6) is 0 Å². The van der Waals surface area contributed by atoms with Crippen molar-refractivity contribution in [2.45, 2.75) is 19.5 Å². The molecule has 0 aliphatic carbocycles. The number of fused-ring (bicyclic) bond motifs is 1. The third kappa shape index (κ3) is 3.15. The Morgan fingerprint density at radius 2 is 1.85 bits per heavy atom. The number of amides is 1. The fourth-order valence-corrected chi connectivity index (χ4v) is 3.05. The van der Waals surface area contributed by atoms with Crippen molar-refractivity contribution in [2.75, 3.05) is 6.54 Å². The minimum absolute atomic E-state index is 0.0618. The summed E-state index contributed by atoms with van der Waals surface area (Å²) >= 11 is 0. The van der Waals surface area contributed by atoms with Gasteiger partial charge in [0.05, 0.1) is 0 Å². The summed E-state index contributed by atoms with van der Waals surface area (Å²) in [5, 5.41) is 4.06. The van der Waals surface area contributed by atoms with E-state index >= 15 is 0 Å². The van der Waals surface area contributed by atoms with E-state index in [4.69, 9.17) is 4.42 Å². The van der Waals surface area contributed by atoms with Gasteiger partial charge >= 0.3 is 5.76 Å². The van der Waals surface area contributed by atoms with Gasteiger partial charge in [0.15, 0.2) is 0 Å². The van der Waals surface area contributed by atoms with Gasteiger partial charge in [-0.15, -0.1) is 5.10 Å². The molecule has 0 N–H and O–H groups in total. The van der Waals surface area contributed by atoms with Gasteiger partial charge in [0.25, 0.3) is 0 Å². The van der Waals surface area contributed by atoms with Crippen molar-refractivity contribution in [3.63, 3.8) is 0 Å². The molecule has 0 spiro atoms. The zero-order chi connectivity index (χ0) is 18.1. The number of aromatic nitrogens is 2. The average molecular weight is 353 g/mol. The molecule has 0 saturated carbocycles. The number of carbonyl (C=O) groups excluding carboxylic acids is 1. The molecule has 0 bridgehead atoms. The molecule has 7 heteroatoms. The van der Waals surface area contributed by atoms with E-state index in [0.29, 0.717) is 18.7 Å². The van der Waals surface area contributed by atoms with E-state index < -0.39 is 11.6 Å². The number of rotatable bonds is 3. The topological polar surface area (TPSA) is 68.3 Å². The maximum atomic E-state index is 13.0. The fourth-order valence-electron chi connectivity index (χ4n) is 3.05. The predicted molar refractivity (Wildman–Crippen MR) is 91.7 cm³/mol. The van der Waals surface area contributed by atoms with Gasteiger partial charge in [0.2, 0.25) is 11.8 Å². The molecule has 2 heterocycles. The smallest absolute Gasteiger partial charge is 0.388 e. The first-order chi connectivity index (χ1) is 12.6. The van der Waals surface area contributed by atoms with Gasteiger partial charge in [0, 0.05) is 18.7 Å². The van der Waals surface area contributed by atoms with Gasteiger partial charge in [-0.05, 0) is 41.8 Å². The maximum absolute atomic E-state index is 13.0. The van der Waals surface area contributed by atoms with E-state index in [1.165, 1.54) is 29.8 Å². The Labute approximate surface area is 148 Å². The van der Waals surface area contributed by atoms with Crippen LogP contribution in [0.1, 0.15) is 11.1 Å². The Morgan fingerprint density at radius 1 is 1.12 bits per heavy atom. The van der Waals surface area contributed by atoms with E-state index in [9.17, 15) is 14.0 Å². The lowest BCUT2D eigenvalue weighted by Crippen LogP contribution is -2.39. The highest BCUT2D eigenvalue weighted by atomic mass is 19.1. The van der Waals surface area contributed by atoms with Gasteiger partial charge in [-0.2, -0.15) is 4.68 Å². The second kappa shape index (κ2) is 6.59. The molecule has 2 aromatic carbocycles. The van der Waals surface area contributed by atoms with Gasteiger partial charge < -0.3 is 9.32 Å². The van der Waals surface area contributed by atoms with Crippen molar-refractivity contribution in [3.8, 4) is 11.5 Å². The number of hydrogen-bond donors (Lipinski definition) is 0. The summed E-state index contributed by atoms with van der Waals surface area (Å²) in [6, 6.07) is 13.4. The lowest BCUT2D eigenvalue weighted by atomic mass is 10.00. The summed E-state index contributed by atoms with van der Waals surface area (Å²) in [6.45, 7) is 0.936. The highest BCUT2D eigenvalue weighted by Gasteiger charge is 2.22. The standard InChI is InChI=1S/C19H16FN3O3/c20-16-7-5-14(6-8-16)18-21-23(19(25)26-18)12-17(24)22-10-9-13-3-1-2-4-15(13)11-22/h1-8H,9-12H2. The Hall–Kier alpha value is -3.22. The summed E-state index contributed by atoms with van der Waals surface area (Å²) in [5.41, 5.74) is 2.84. The van der Waals surface area contributed by atoms with Crippen molar-refractivity contribution in [3.05, 3.63) is 76.0 Å². The Balaban J connectivity index is 1.50. The molecule has 3 aromatic rings. The molecule has 6 nitrogen and oxygen atoms in total. The first-order valence-corrected chi connectivity index (χ1v) is 8.28. The summed E-state index contributed by atoms with van der Waals surface area (Å²) in [7, 11) is 0. The molecule has 4 rings (SSSR count). The molecule has 0 atom stereocenters. The number of carbonyl (C=O) groups is 1. The van der Waals surface area contributed by atoms with Crippen LogP contribution in [0.3, 0.4) is 0 Å². The van der Waals surface area contributed by atoms with Gasteiger partial charge in [-0.1, -0.05) is 24.3 Å². The van der Waals surface area contributed by atoms with Gasteiger partial charge in [-0.3, -0.25) is 4.79 Å². The van der Waals surface area contributed by atoms with E-state index in [1.807, 2.05) is 18.2 Å². The molecular weight excluding hydrogens is 337 g/mol. The van der Waals surface area contributed by atoms with Gasteiger partial charge in [-0.25, -0.2) is 9.18 Å². The molecular formula is C19H16FN3O3. The first kappa shape index (κ1) is 16.3. The zero-order valence-electron chi connectivity index (χ0n) is 13.9. The van der Waals surface area contributed by atoms with E-state index in [1.54, 1.807) is 4.90 Å². The average Bonchev–Trinajstić information content (AvgIpc) is 3.02. The summed E-state index contributed by atoms with van der Waals surface area (Å²) < 4.78 is 19.1. The predicted octanol–water partition coefficient (Wildman–Crippen LogP) is 2.23. The van der Waals surface area contributed by atoms with E-state index in [0.717, 1.165) is 16.7 Å². The number of halogens is 1. The molecule has 0 radical (unpaired) electrons. The summed E-state index contributed by atoms with van der Waals surface area (Å²) in [4.78, 5) is 26.3. The lowest BCUT2D eigenvalue weighted by Gasteiger charge is -2.28. The van der Waals surface area contributed by atoms with Crippen molar-refractivity contribution in [2.24, 2.45) is 0 Å². The quantitative estimate of drug-likeness (QED) is 0.724. The van der Waals surface area contributed by atoms with Crippen LogP contribution < -0.4 is 5.76 Å². The number of nitrogens with zero attached hydrogens (tertiary/aromatic N) is 3. The minimum atomic E-state index is -0.713. The first-order valence-electron chi connectivity index (χ1n) is 8.28. The highest BCUT2D eigenvalue weighted by Crippen LogP contribution is 2.19. The molecule has 1 aliphatic rings. The Kier molecular flexibility index (Phi) is 4.12. The molecule has 1 aliphatic heterocycles. The maximum Gasteiger partial charge on any atom is 0.437 e. The lowest BCUT2D eigenvalue weighted by molar-refractivity contribution is -0.133. The third-order valence-electron chi connectivity index (χ3n) is 4.47. The molecule has 132 valence electrons. The second-order valence-electron chi connectivity index (χ2n) is 6.17.